The molecular weight excluding hydrogens is 899 g/mol. The summed E-state index contributed by atoms with van der Waals surface area (Å²) in [6.45, 7) is 0. The van der Waals surface area contributed by atoms with Crippen molar-refractivity contribution in [1.29, 1.82) is 0 Å². The quantitative estimate of drug-likeness (QED) is 0.0618. The van der Waals surface area contributed by atoms with Crippen LogP contribution in [-0.4, -0.2) is 198 Å². The Bertz CT molecular complexity index is 899. The van der Waals surface area contributed by atoms with Crippen LogP contribution in [-0.2, 0) is 32.0 Å². The molecule has 52 heteroatoms. The van der Waals surface area contributed by atoms with E-state index >= 15 is 0 Å². The Morgan fingerprint density at radius 1 is 0.355 bits per heavy atom. The van der Waals surface area contributed by atoms with Gasteiger partial charge in [0.25, 0.3) is 0 Å². The zero-order valence-corrected chi connectivity index (χ0v) is 30.0. The third-order valence-corrected chi connectivity index (χ3v) is 2.91. The number of H-pyrrole nitrogens is 1. The van der Waals surface area contributed by atoms with Crippen molar-refractivity contribution in [2.75, 3.05) is 0 Å². The van der Waals surface area contributed by atoms with Crippen molar-refractivity contribution in [2.24, 2.45) is 0 Å². The predicted molar refractivity (Wildman–Crippen MR) is 184 cm³/mol. The first-order chi connectivity index (χ1) is 28.3. The maximum atomic E-state index is 11.8. The molecule has 346 valence electrons. The summed E-state index contributed by atoms with van der Waals surface area (Å²) in [6.07, 6.45) is 6.42. The molecule has 0 aliphatic rings. The van der Waals surface area contributed by atoms with Gasteiger partial charge in [0.05, 0.1) is 4.48 Å². The van der Waals surface area contributed by atoms with Gasteiger partial charge in [0.1, 0.15) is 0 Å². The van der Waals surface area contributed by atoms with E-state index < -0.39 is 103 Å². The molecule has 0 saturated heterocycles. The number of hydrogen-bond acceptors (Lipinski definition) is 28. The minimum Gasteiger partial charge on any atom is -0.833 e. The lowest BCUT2D eigenvalue weighted by Crippen LogP contribution is -2.44. The minimum atomic E-state index is -2.94. The Balaban J connectivity index is -0.000000110. The molecule has 0 fully saturated rings. The summed E-state index contributed by atoms with van der Waals surface area (Å²) in [5, 5.41) is 163. The van der Waals surface area contributed by atoms with Crippen LogP contribution in [0.3, 0.4) is 0 Å². The van der Waals surface area contributed by atoms with E-state index in [2.05, 4.69) is 37.0 Å². The van der Waals surface area contributed by atoms with E-state index in [1.165, 1.54) is 12.4 Å². The summed E-state index contributed by atoms with van der Waals surface area (Å²) < 4.78 is 111. The molecule has 0 amide bonds. The fourth-order valence-corrected chi connectivity index (χ4v) is 1.41. The first-order valence-electron chi connectivity index (χ1n) is 14.1. The molecule has 0 spiro atoms. The first-order valence-corrected chi connectivity index (χ1v) is 14.1. The van der Waals surface area contributed by atoms with E-state index in [1.54, 1.807) is 18.2 Å². The number of aromatic nitrogens is 2. The van der Waals surface area contributed by atoms with Gasteiger partial charge in [-0.2, -0.15) is 0 Å². The Kier molecular flexibility index (Phi) is 63.0. The first kappa shape index (κ1) is 73.9. The van der Waals surface area contributed by atoms with Crippen molar-refractivity contribution in [3.63, 3.8) is 0 Å². The van der Waals surface area contributed by atoms with Crippen molar-refractivity contribution >= 4 is 103 Å². The van der Waals surface area contributed by atoms with Crippen molar-refractivity contribution in [3.8, 4) is 0 Å². The molecule has 0 radical (unpaired) electrons. The number of rotatable bonds is 14. The van der Waals surface area contributed by atoms with Crippen LogP contribution in [0.1, 0.15) is 0 Å². The van der Waals surface area contributed by atoms with Crippen LogP contribution in [0.25, 0.3) is 0 Å². The monoisotopic (exact) mass is 932 g/mol. The zero-order valence-electron chi connectivity index (χ0n) is 30.0. The highest BCUT2D eigenvalue weighted by atomic mass is 19.2. The summed E-state index contributed by atoms with van der Waals surface area (Å²) in [5.74, 6) is 0. The van der Waals surface area contributed by atoms with Crippen LogP contribution in [0, 0.1) is 0 Å². The van der Waals surface area contributed by atoms with E-state index in [-0.39, 0.29) is 0 Å². The smallest absolute Gasteiger partial charge is 0.665 e. The third kappa shape index (κ3) is 118. The van der Waals surface area contributed by atoms with Crippen molar-refractivity contribution < 1.29 is 182 Å². The maximum absolute atomic E-state index is 11.8. The summed E-state index contributed by atoms with van der Waals surface area (Å²) in [6, 6.07) is 10.9. The van der Waals surface area contributed by atoms with Gasteiger partial charge in [-0.25, -0.2) is 4.98 Å². The molecule has 0 aromatic carbocycles. The molecule has 2 rings (SSSR count). The number of hydrogen-bond donors (Lipinski definition) is 19. The second-order valence-electron chi connectivity index (χ2n) is 7.54. The average molecular weight is 930 g/mol. The van der Waals surface area contributed by atoms with Crippen molar-refractivity contribution in [3.05, 3.63) is 61.2 Å². The van der Waals surface area contributed by atoms with E-state index in [4.69, 9.17) is 100 Å². The highest BCUT2D eigenvalue weighted by Crippen LogP contribution is 1.83. The Morgan fingerprint density at radius 2 is 0.565 bits per heavy atom. The van der Waals surface area contributed by atoms with Gasteiger partial charge in [-0.3, -0.25) is 25.9 Å². The predicted octanol–water partition coefficient (Wildman–Crippen LogP) is -14.6. The van der Waals surface area contributed by atoms with E-state index in [0.29, 0.717) is 4.79 Å². The highest BCUT2D eigenvalue weighted by molar-refractivity contribution is 6.51. The number of nitrogens with zero attached hydrogens (tertiary/aromatic N) is 1. The number of halogens is 8. The van der Waals surface area contributed by atoms with E-state index in [0.717, 1.165) is 0 Å². The molecule has 30 nitrogen and oxygen atoms in total. The van der Waals surface area contributed by atoms with Gasteiger partial charge in [0, 0.05) is 29.1 Å². The maximum Gasteiger partial charge on any atom is 0.665 e. The Labute approximate surface area is 346 Å². The van der Waals surface area contributed by atoms with E-state index in [1.807, 2.05) is 30.6 Å². The van der Waals surface area contributed by atoms with E-state index in [9.17, 15) is 39.7 Å². The fourth-order valence-electron chi connectivity index (χ4n) is 1.41. The molecule has 0 unspecified atom stereocenters. The summed E-state index contributed by atoms with van der Waals surface area (Å²) >= 11 is 0. The lowest BCUT2D eigenvalue weighted by atomic mass is 10.2. The van der Waals surface area contributed by atoms with Gasteiger partial charge >= 0.3 is 103 Å². The third-order valence-electron chi connectivity index (χ3n) is 2.91. The molecule has 0 aliphatic heterocycles. The van der Waals surface area contributed by atoms with Crippen molar-refractivity contribution in [2.45, 2.75) is 0 Å². The lowest BCUT2D eigenvalue weighted by molar-refractivity contribution is -0.843. The summed E-state index contributed by atoms with van der Waals surface area (Å²) in [7, 11) is -34.8. The highest BCUT2D eigenvalue weighted by Gasteiger charge is 2.23. The SMILES string of the molecule is F[n+]1ccccc1.OB(O)OB(O)F.OB(O)OB(O)F.OB(O)OB(O)F.OB(O)OB(O)F.OB(O)OB(O)F.OB(O)OB(O)F.[O-]B(O)OB([O-])F.c1cc[nH+]cc1. The molecule has 2 aromatic heterocycles. The second-order valence-corrected chi connectivity index (χ2v) is 7.54. The molecular formula is C10H30B14F8N2O28. The Hall–Kier alpha value is -2.47. The van der Waals surface area contributed by atoms with Gasteiger partial charge in [-0.05, 0) is 0 Å². The zero-order chi connectivity index (χ0) is 50.4. The largest absolute Gasteiger partial charge is 0.833 e. The van der Waals surface area contributed by atoms with Crippen LogP contribution >= 0.6 is 0 Å². The topological polar surface area (TPSA) is 513 Å². The van der Waals surface area contributed by atoms with Crippen LogP contribution in [0.2, 0.25) is 0 Å². The van der Waals surface area contributed by atoms with Crippen LogP contribution < -0.4 is 19.8 Å². The van der Waals surface area contributed by atoms with Crippen LogP contribution in [0.4, 0.5) is 34.7 Å². The molecule has 0 atom stereocenters. The van der Waals surface area contributed by atoms with Crippen LogP contribution in [0.15, 0.2) is 61.2 Å². The van der Waals surface area contributed by atoms with Crippen LogP contribution in [0.5, 0.6) is 0 Å². The molecule has 0 saturated carbocycles. The van der Waals surface area contributed by atoms with Gasteiger partial charge in [-0.15, -0.1) is 0 Å². The second kappa shape index (κ2) is 52.9. The number of pyridine rings is 2. The normalized spacial score (nSPS) is 8.53. The van der Waals surface area contributed by atoms with Gasteiger partial charge in [0.2, 0.25) is 12.4 Å². The fraction of sp³-hybridized carbons (Fsp3) is 0. The standard InChI is InChI=1S/C5H5FN.C5H5N.6B2FH3O4.B2FHO4/c6-7-4-2-1-3-5-7;1-2-4-6-5-3-1;7*3-1(4)7-2(5)6/h1-5H;1-5H;6*4-6H;5H/q+1;;;;;;;;-2/p+1. The summed E-state index contributed by atoms with van der Waals surface area (Å²) in [5.41, 5.74) is 0. The molecule has 2 heterocycles. The van der Waals surface area contributed by atoms with Gasteiger partial charge < -0.3 is 142 Å². The molecule has 0 aliphatic carbocycles. The molecule has 2 aromatic rings. The average Bonchev–Trinajstić information content (AvgIpc) is 3.04. The van der Waals surface area contributed by atoms with Crippen molar-refractivity contribution in [1.82, 2.24) is 0 Å². The number of aromatic amines is 1. The molecule has 0 bridgehead atoms. The van der Waals surface area contributed by atoms with Gasteiger partial charge in [-0.1, -0.05) is 12.1 Å². The minimum absolute atomic E-state index is 0.500. The molecule has 62 heavy (non-hydrogen) atoms. The van der Waals surface area contributed by atoms with Gasteiger partial charge in [0.15, 0.2) is 12.4 Å². The summed E-state index contributed by atoms with van der Waals surface area (Å²) in [4.78, 5) is 3.39. The number of nitrogens with one attached hydrogen (secondary N) is 1. The molecule has 20 N–H and O–H groups in total. The lowest BCUT2D eigenvalue weighted by Gasteiger charge is -2.15. The Morgan fingerprint density at radius 3 is 0.613 bits per heavy atom.